The Morgan fingerprint density at radius 3 is 2.41 bits per heavy atom. The van der Waals surface area contributed by atoms with E-state index in [1.54, 1.807) is 18.8 Å². The van der Waals surface area contributed by atoms with E-state index < -0.39 is 25.0 Å². The Morgan fingerprint density at radius 1 is 1.22 bits per heavy atom. The molecule has 9 nitrogen and oxygen atoms in total. The van der Waals surface area contributed by atoms with Crippen molar-refractivity contribution in [1.82, 2.24) is 21.3 Å². The van der Waals surface area contributed by atoms with Gasteiger partial charge < -0.3 is 31.3 Å². The van der Waals surface area contributed by atoms with E-state index in [-0.39, 0.29) is 17.8 Å². The fourth-order valence-electron chi connectivity index (χ4n) is 2.38. The highest BCUT2D eigenvalue weighted by Crippen LogP contribution is 2.07. The summed E-state index contributed by atoms with van der Waals surface area (Å²) in [7, 11) is -0.0333. The lowest BCUT2D eigenvalue weighted by molar-refractivity contribution is -0.129. The van der Waals surface area contributed by atoms with Crippen LogP contribution >= 0.6 is 11.8 Å². The quantitative estimate of drug-likeness (QED) is 0.0931. The van der Waals surface area contributed by atoms with Gasteiger partial charge in [0.05, 0.1) is 5.94 Å². The summed E-state index contributed by atoms with van der Waals surface area (Å²) >= 11 is 1.55. The summed E-state index contributed by atoms with van der Waals surface area (Å²) < 4.78 is 0. The third-order valence-corrected chi connectivity index (χ3v) is 4.43. The SMILES string of the molecule is CNC(=N)NCCC[C@H](NC(=O)CCSC)C(=O)N[C@@H](CC(C)C)B(O)O. The molecular weight excluding hydrogens is 369 g/mol. The summed E-state index contributed by atoms with van der Waals surface area (Å²) in [4.78, 5) is 24.6. The lowest BCUT2D eigenvalue weighted by atomic mass is 9.75. The van der Waals surface area contributed by atoms with E-state index >= 15 is 0 Å². The van der Waals surface area contributed by atoms with Crippen molar-refractivity contribution >= 4 is 36.7 Å². The van der Waals surface area contributed by atoms with E-state index in [1.165, 1.54) is 0 Å². The maximum absolute atomic E-state index is 12.6. The van der Waals surface area contributed by atoms with Crippen molar-refractivity contribution in [3.8, 4) is 0 Å². The lowest BCUT2D eigenvalue weighted by Crippen LogP contribution is -2.54. The minimum Gasteiger partial charge on any atom is -0.426 e. The molecule has 0 spiro atoms. The smallest absolute Gasteiger partial charge is 0.426 e. The molecule has 0 aliphatic heterocycles. The molecule has 0 saturated carbocycles. The number of guanidine groups is 1. The molecule has 0 bridgehead atoms. The van der Waals surface area contributed by atoms with Gasteiger partial charge in [0.15, 0.2) is 5.96 Å². The van der Waals surface area contributed by atoms with E-state index in [2.05, 4.69) is 21.3 Å². The maximum Gasteiger partial charge on any atom is 0.475 e. The zero-order valence-corrected chi connectivity index (χ0v) is 17.5. The van der Waals surface area contributed by atoms with Crippen LogP contribution in [0.25, 0.3) is 0 Å². The Bertz CT molecular complexity index is 468. The first-order chi connectivity index (χ1) is 12.7. The van der Waals surface area contributed by atoms with E-state index in [0.717, 1.165) is 0 Å². The van der Waals surface area contributed by atoms with Gasteiger partial charge in [0.25, 0.3) is 0 Å². The lowest BCUT2D eigenvalue weighted by Gasteiger charge is -2.24. The Kier molecular flexibility index (Phi) is 13.8. The Balaban J connectivity index is 4.83. The molecule has 27 heavy (non-hydrogen) atoms. The molecule has 0 aliphatic carbocycles. The largest absolute Gasteiger partial charge is 0.475 e. The minimum atomic E-state index is -1.66. The molecule has 0 fully saturated rings. The third kappa shape index (κ3) is 12.5. The molecule has 0 aromatic heterocycles. The summed E-state index contributed by atoms with van der Waals surface area (Å²) in [5.74, 6) is -0.435. The average molecular weight is 403 g/mol. The molecule has 0 heterocycles. The highest BCUT2D eigenvalue weighted by atomic mass is 32.2. The van der Waals surface area contributed by atoms with Gasteiger partial charge in [-0.25, -0.2) is 0 Å². The van der Waals surface area contributed by atoms with Crippen LogP contribution in [0, 0.1) is 11.3 Å². The number of carbonyl (C=O) groups is 2. The third-order valence-electron chi connectivity index (χ3n) is 3.82. The minimum absolute atomic E-state index is 0.170. The van der Waals surface area contributed by atoms with Gasteiger partial charge in [-0.2, -0.15) is 11.8 Å². The van der Waals surface area contributed by atoms with Crippen molar-refractivity contribution < 1.29 is 19.6 Å². The monoisotopic (exact) mass is 403 g/mol. The molecule has 7 N–H and O–H groups in total. The van der Waals surface area contributed by atoms with E-state index in [1.807, 2.05) is 20.1 Å². The summed E-state index contributed by atoms with van der Waals surface area (Å²) in [6.07, 6.45) is 3.56. The van der Waals surface area contributed by atoms with Crippen molar-refractivity contribution in [3.05, 3.63) is 0 Å². The van der Waals surface area contributed by atoms with E-state index in [0.29, 0.717) is 38.0 Å². The Morgan fingerprint density at radius 2 is 1.89 bits per heavy atom. The highest BCUT2D eigenvalue weighted by molar-refractivity contribution is 7.98. The number of hydrogen-bond acceptors (Lipinski definition) is 6. The van der Waals surface area contributed by atoms with Crippen LogP contribution in [-0.2, 0) is 9.59 Å². The molecule has 0 rings (SSSR count). The fraction of sp³-hybridized carbons (Fsp3) is 0.812. The van der Waals surface area contributed by atoms with Crippen molar-refractivity contribution in [2.75, 3.05) is 25.6 Å². The molecule has 2 atom stereocenters. The fourth-order valence-corrected chi connectivity index (χ4v) is 2.77. The normalized spacial score (nSPS) is 12.9. The number of hydrogen-bond donors (Lipinski definition) is 7. The number of amides is 2. The summed E-state index contributed by atoms with van der Waals surface area (Å²) in [6.45, 7) is 4.32. The molecule has 0 aliphatic rings. The second kappa shape index (κ2) is 14.6. The van der Waals surface area contributed by atoms with Crippen LogP contribution in [0.4, 0.5) is 0 Å². The number of rotatable bonds is 13. The standard InChI is InChI=1S/C16H34BN5O4S/c1-11(2)10-13(17(25)26)22-15(24)12(21-14(23)7-9-27-4)6-5-8-20-16(18)19-3/h11-13,25-26H,5-10H2,1-4H3,(H,21,23)(H,22,24)(H3,18,19,20)/t12-,13-/m0/s1. The van der Waals surface area contributed by atoms with E-state index in [4.69, 9.17) is 5.41 Å². The van der Waals surface area contributed by atoms with Gasteiger partial charge in [0, 0.05) is 25.8 Å². The molecule has 11 heteroatoms. The number of thioether (sulfide) groups is 1. The average Bonchev–Trinajstić information content (AvgIpc) is 2.60. The molecule has 0 radical (unpaired) electrons. The van der Waals surface area contributed by atoms with Gasteiger partial charge in [-0.3, -0.25) is 15.0 Å². The number of nitrogens with one attached hydrogen (secondary N) is 5. The molecule has 0 saturated heterocycles. The van der Waals surface area contributed by atoms with Gasteiger partial charge in [-0.05, 0) is 31.4 Å². The van der Waals surface area contributed by atoms with Crippen molar-refractivity contribution in [1.29, 1.82) is 5.41 Å². The van der Waals surface area contributed by atoms with Gasteiger partial charge in [0.1, 0.15) is 6.04 Å². The van der Waals surface area contributed by atoms with Crippen LogP contribution in [0.2, 0.25) is 0 Å². The first kappa shape index (κ1) is 25.5. The second-order valence-electron chi connectivity index (χ2n) is 6.72. The molecule has 2 amide bonds. The first-order valence-electron chi connectivity index (χ1n) is 9.16. The topological polar surface area (TPSA) is 147 Å². The molecule has 156 valence electrons. The zero-order valence-electron chi connectivity index (χ0n) is 16.7. The van der Waals surface area contributed by atoms with Crippen molar-refractivity contribution in [3.63, 3.8) is 0 Å². The van der Waals surface area contributed by atoms with Crippen LogP contribution in [0.3, 0.4) is 0 Å². The van der Waals surface area contributed by atoms with Crippen LogP contribution in [-0.4, -0.2) is 72.5 Å². The molecule has 0 aromatic rings. The number of carbonyl (C=O) groups excluding carboxylic acids is 2. The summed E-state index contributed by atoms with van der Waals surface area (Å²) in [6, 6.07) is -0.765. The first-order valence-corrected chi connectivity index (χ1v) is 10.6. The van der Waals surface area contributed by atoms with Crippen LogP contribution in [0.5, 0.6) is 0 Å². The Hall–Kier alpha value is -1.46. The summed E-state index contributed by atoms with van der Waals surface area (Å²) in [5, 5.41) is 37.3. The van der Waals surface area contributed by atoms with Gasteiger partial charge in [-0.1, -0.05) is 13.8 Å². The predicted molar refractivity (Wildman–Crippen MR) is 111 cm³/mol. The highest BCUT2D eigenvalue weighted by Gasteiger charge is 2.29. The van der Waals surface area contributed by atoms with E-state index in [9.17, 15) is 19.6 Å². The van der Waals surface area contributed by atoms with Crippen LogP contribution < -0.4 is 21.3 Å². The second-order valence-corrected chi connectivity index (χ2v) is 7.70. The van der Waals surface area contributed by atoms with Gasteiger partial charge >= 0.3 is 7.12 Å². The van der Waals surface area contributed by atoms with Crippen molar-refractivity contribution in [2.45, 2.75) is 51.5 Å². The predicted octanol–water partition coefficient (Wildman–Crippen LogP) is -0.709. The van der Waals surface area contributed by atoms with Gasteiger partial charge in [-0.15, -0.1) is 0 Å². The molecular formula is C16H34BN5O4S. The van der Waals surface area contributed by atoms with Crippen molar-refractivity contribution in [2.24, 2.45) is 5.92 Å². The maximum atomic E-state index is 12.6. The molecule has 0 aromatic carbocycles. The van der Waals surface area contributed by atoms with Crippen LogP contribution in [0.15, 0.2) is 0 Å². The zero-order chi connectivity index (χ0) is 20.8. The Labute approximate surface area is 166 Å². The summed E-state index contributed by atoms with van der Waals surface area (Å²) in [5.41, 5.74) is 0. The molecule has 0 unspecified atom stereocenters. The van der Waals surface area contributed by atoms with Gasteiger partial charge in [0.2, 0.25) is 11.8 Å². The van der Waals surface area contributed by atoms with Crippen LogP contribution in [0.1, 0.15) is 39.5 Å².